The molecule has 1 N–H and O–H groups in total. The molecule has 0 aromatic heterocycles. The van der Waals surface area contributed by atoms with Crippen LogP contribution in [0.3, 0.4) is 0 Å². The number of nitrogens with one attached hydrogen (secondary N) is 1. The first kappa shape index (κ1) is 24.3. The van der Waals surface area contributed by atoms with Crippen LogP contribution >= 0.6 is 0 Å². The summed E-state index contributed by atoms with van der Waals surface area (Å²) in [5, 5.41) is 2.63. The molecule has 0 bridgehead atoms. The summed E-state index contributed by atoms with van der Waals surface area (Å²) in [4.78, 5) is 38.7. The van der Waals surface area contributed by atoms with Crippen LogP contribution < -0.4 is 10.2 Å². The van der Waals surface area contributed by atoms with Crippen LogP contribution in [0.15, 0.2) is 83.8 Å². The van der Waals surface area contributed by atoms with Crippen LogP contribution in [0.4, 0.5) is 11.4 Å². The Bertz CT molecular complexity index is 1350. The molecule has 35 heavy (non-hydrogen) atoms. The SMILES string of the molecule is CC(=O)Nc1ccc(N2C(=O)CC(N(Cc3ccc(C)cc3)S(=O)(=O)c3ccccc3)C2=O)cc1. The van der Waals surface area contributed by atoms with Crippen molar-refractivity contribution >= 4 is 39.1 Å². The number of sulfonamides is 1. The molecule has 4 rings (SSSR count). The minimum absolute atomic E-state index is 0.0467. The number of hydrogen-bond acceptors (Lipinski definition) is 5. The summed E-state index contributed by atoms with van der Waals surface area (Å²) in [7, 11) is -4.09. The second-order valence-electron chi connectivity index (χ2n) is 8.36. The molecule has 0 radical (unpaired) electrons. The Labute approximate surface area is 204 Å². The van der Waals surface area contributed by atoms with E-state index in [2.05, 4.69) is 5.32 Å². The van der Waals surface area contributed by atoms with E-state index >= 15 is 0 Å². The van der Waals surface area contributed by atoms with Gasteiger partial charge in [-0.2, -0.15) is 4.31 Å². The first-order valence-electron chi connectivity index (χ1n) is 11.0. The molecule has 8 nitrogen and oxygen atoms in total. The minimum atomic E-state index is -4.09. The van der Waals surface area contributed by atoms with Gasteiger partial charge in [0.1, 0.15) is 6.04 Å². The van der Waals surface area contributed by atoms with Gasteiger partial charge in [0.15, 0.2) is 0 Å². The molecular weight excluding hydrogens is 466 g/mol. The van der Waals surface area contributed by atoms with Gasteiger partial charge in [0, 0.05) is 19.2 Å². The van der Waals surface area contributed by atoms with Gasteiger partial charge in [-0.05, 0) is 48.9 Å². The molecule has 3 aromatic rings. The highest BCUT2D eigenvalue weighted by atomic mass is 32.2. The van der Waals surface area contributed by atoms with Gasteiger partial charge in [0.25, 0.3) is 5.91 Å². The number of anilines is 2. The first-order valence-corrected chi connectivity index (χ1v) is 12.5. The van der Waals surface area contributed by atoms with Gasteiger partial charge >= 0.3 is 0 Å². The van der Waals surface area contributed by atoms with Crippen molar-refractivity contribution in [3.8, 4) is 0 Å². The fourth-order valence-corrected chi connectivity index (χ4v) is 5.56. The Hall–Kier alpha value is -3.82. The summed E-state index contributed by atoms with van der Waals surface area (Å²) in [6, 6.07) is 20.3. The summed E-state index contributed by atoms with van der Waals surface area (Å²) < 4.78 is 28.4. The lowest BCUT2D eigenvalue weighted by atomic mass is 10.1. The molecule has 1 saturated heterocycles. The molecule has 9 heteroatoms. The Morgan fingerprint density at radius 1 is 0.971 bits per heavy atom. The van der Waals surface area contributed by atoms with Crippen LogP contribution in [0.1, 0.15) is 24.5 Å². The van der Waals surface area contributed by atoms with Crippen LogP contribution in [0, 0.1) is 6.92 Å². The van der Waals surface area contributed by atoms with Crippen LogP contribution in [0.25, 0.3) is 0 Å². The first-order chi connectivity index (χ1) is 16.7. The summed E-state index contributed by atoms with van der Waals surface area (Å²) in [5.41, 5.74) is 2.55. The van der Waals surface area contributed by atoms with Crippen molar-refractivity contribution in [3.05, 3.63) is 90.0 Å². The number of benzene rings is 3. The third-order valence-corrected chi connectivity index (χ3v) is 7.59. The quantitative estimate of drug-likeness (QED) is 0.510. The Morgan fingerprint density at radius 3 is 2.20 bits per heavy atom. The number of amides is 3. The number of hydrogen-bond donors (Lipinski definition) is 1. The van der Waals surface area contributed by atoms with E-state index in [9.17, 15) is 22.8 Å². The fourth-order valence-electron chi connectivity index (χ4n) is 3.97. The standard InChI is InChI=1S/C26H25N3O5S/c1-18-8-10-20(11-9-18)17-28(35(33,34)23-6-4-3-5-7-23)24-16-25(31)29(26(24)32)22-14-12-21(13-15-22)27-19(2)30/h3-15,24H,16-17H2,1-2H3,(H,27,30). The lowest BCUT2D eigenvalue weighted by Crippen LogP contribution is -2.45. The second kappa shape index (κ2) is 9.81. The van der Waals surface area contributed by atoms with E-state index in [0.717, 1.165) is 14.8 Å². The van der Waals surface area contributed by atoms with Crippen molar-refractivity contribution in [1.82, 2.24) is 4.31 Å². The number of aryl methyl sites for hydroxylation is 1. The number of imide groups is 1. The number of carbonyl (C=O) groups excluding carboxylic acids is 3. The lowest BCUT2D eigenvalue weighted by molar-refractivity contribution is -0.122. The van der Waals surface area contributed by atoms with Crippen LogP contribution in [0.5, 0.6) is 0 Å². The smallest absolute Gasteiger partial charge is 0.252 e. The molecule has 1 heterocycles. The summed E-state index contributed by atoms with van der Waals surface area (Å²) in [5.74, 6) is -1.36. The van der Waals surface area contributed by atoms with Crippen molar-refractivity contribution in [2.45, 2.75) is 37.8 Å². The molecule has 3 amide bonds. The largest absolute Gasteiger partial charge is 0.326 e. The average Bonchev–Trinajstić information content (AvgIpc) is 3.12. The van der Waals surface area contributed by atoms with Crippen molar-refractivity contribution < 1.29 is 22.8 Å². The molecular formula is C26H25N3O5S. The zero-order chi connectivity index (χ0) is 25.2. The van der Waals surface area contributed by atoms with Crippen molar-refractivity contribution in [2.24, 2.45) is 0 Å². The van der Waals surface area contributed by atoms with Gasteiger partial charge in [-0.3, -0.25) is 14.4 Å². The maximum Gasteiger partial charge on any atom is 0.252 e. The molecule has 3 aromatic carbocycles. The van der Waals surface area contributed by atoms with Crippen LogP contribution in [-0.4, -0.2) is 36.5 Å². The van der Waals surface area contributed by atoms with E-state index in [1.54, 1.807) is 42.5 Å². The van der Waals surface area contributed by atoms with E-state index in [-0.39, 0.29) is 23.8 Å². The molecule has 0 aliphatic carbocycles. The number of nitrogens with zero attached hydrogens (tertiary/aromatic N) is 2. The second-order valence-corrected chi connectivity index (χ2v) is 10.3. The molecule has 1 aliphatic heterocycles. The highest BCUT2D eigenvalue weighted by molar-refractivity contribution is 7.89. The maximum atomic E-state index is 13.6. The monoisotopic (exact) mass is 491 g/mol. The summed E-state index contributed by atoms with van der Waals surface area (Å²) >= 11 is 0. The molecule has 1 fully saturated rings. The molecule has 1 unspecified atom stereocenters. The Morgan fingerprint density at radius 2 is 1.60 bits per heavy atom. The molecule has 0 spiro atoms. The predicted octanol–water partition coefficient (Wildman–Crippen LogP) is 3.48. The molecule has 180 valence electrons. The van der Waals surface area contributed by atoms with Crippen molar-refractivity contribution in [2.75, 3.05) is 10.2 Å². The van der Waals surface area contributed by atoms with Gasteiger partial charge < -0.3 is 5.32 Å². The average molecular weight is 492 g/mol. The van der Waals surface area contributed by atoms with Crippen LogP contribution in [-0.2, 0) is 31.0 Å². The normalized spacial score (nSPS) is 16.1. The summed E-state index contributed by atoms with van der Waals surface area (Å²) in [6.45, 7) is 3.24. The molecule has 0 saturated carbocycles. The van der Waals surface area contributed by atoms with E-state index < -0.39 is 27.9 Å². The number of rotatable bonds is 7. The highest BCUT2D eigenvalue weighted by Gasteiger charge is 2.47. The third kappa shape index (κ3) is 5.16. The zero-order valence-corrected chi connectivity index (χ0v) is 20.2. The Kier molecular flexibility index (Phi) is 6.81. The van der Waals surface area contributed by atoms with Gasteiger partial charge in [0.2, 0.25) is 21.8 Å². The highest BCUT2D eigenvalue weighted by Crippen LogP contribution is 2.31. The summed E-state index contributed by atoms with van der Waals surface area (Å²) in [6.07, 6.45) is -0.274. The van der Waals surface area contributed by atoms with Crippen molar-refractivity contribution in [1.29, 1.82) is 0 Å². The maximum absolute atomic E-state index is 13.6. The van der Waals surface area contributed by atoms with E-state index in [1.165, 1.54) is 19.1 Å². The molecule has 1 aliphatic rings. The molecule has 1 atom stereocenters. The Balaban J connectivity index is 1.69. The van der Waals surface area contributed by atoms with E-state index in [1.807, 2.05) is 31.2 Å². The van der Waals surface area contributed by atoms with E-state index in [4.69, 9.17) is 0 Å². The minimum Gasteiger partial charge on any atom is -0.326 e. The van der Waals surface area contributed by atoms with Crippen molar-refractivity contribution in [3.63, 3.8) is 0 Å². The number of carbonyl (C=O) groups is 3. The third-order valence-electron chi connectivity index (χ3n) is 5.73. The lowest BCUT2D eigenvalue weighted by Gasteiger charge is -2.27. The van der Waals surface area contributed by atoms with Gasteiger partial charge in [-0.15, -0.1) is 0 Å². The van der Waals surface area contributed by atoms with E-state index in [0.29, 0.717) is 16.9 Å². The zero-order valence-electron chi connectivity index (χ0n) is 19.3. The van der Waals surface area contributed by atoms with Gasteiger partial charge in [0.05, 0.1) is 17.0 Å². The van der Waals surface area contributed by atoms with Gasteiger partial charge in [-0.25, -0.2) is 13.3 Å². The fraction of sp³-hybridized carbons (Fsp3) is 0.192. The van der Waals surface area contributed by atoms with Crippen LogP contribution in [0.2, 0.25) is 0 Å². The topological polar surface area (TPSA) is 104 Å². The van der Waals surface area contributed by atoms with Gasteiger partial charge in [-0.1, -0.05) is 48.0 Å². The predicted molar refractivity (Wildman–Crippen MR) is 132 cm³/mol.